The van der Waals surface area contributed by atoms with Gasteiger partial charge in [-0.1, -0.05) is 4.57 Å². The van der Waals surface area contributed by atoms with E-state index in [4.69, 9.17) is 9.47 Å². The van der Waals surface area contributed by atoms with Crippen molar-refractivity contribution in [1.82, 2.24) is 0 Å². The molecule has 0 saturated carbocycles. The minimum absolute atomic E-state index is 0.481. The van der Waals surface area contributed by atoms with Crippen LogP contribution in [0.4, 0.5) is 0 Å². The normalized spacial score (nSPS) is 9.83. The number of hydrogen-bond acceptors (Lipinski definition) is 3. The van der Waals surface area contributed by atoms with Crippen LogP contribution in [0.5, 0.6) is 11.5 Å². The molecule has 0 aromatic heterocycles. The number of ether oxygens (including phenoxy) is 2. The van der Waals surface area contributed by atoms with Gasteiger partial charge in [0.1, 0.15) is 11.5 Å². The van der Waals surface area contributed by atoms with Crippen LogP contribution in [-0.4, -0.2) is 14.2 Å². The van der Waals surface area contributed by atoms with Crippen LogP contribution in [-0.2, 0) is 4.57 Å². The fourth-order valence-electron chi connectivity index (χ4n) is 0.866. The van der Waals surface area contributed by atoms with Gasteiger partial charge in [-0.05, 0) is 0 Å². The maximum atomic E-state index is 10.6. The lowest BCUT2D eigenvalue weighted by Gasteiger charge is -2.01. The molecule has 12 heavy (non-hydrogen) atoms. The number of benzene rings is 1. The fraction of sp³-hybridized carbons (Fsp3) is 0.250. The lowest BCUT2D eigenvalue weighted by atomic mass is 10.3. The Balaban J connectivity index is 3.09. The quantitative estimate of drug-likeness (QED) is 0.667. The van der Waals surface area contributed by atoms with Gasteiger partial charge in [0, 0.05) is 18.2 Å². The monoisotopic (exact) mass is 185 g/mol. The number of methoxy groups -OCH3 is 2. The summed E-state index contributed by atoms with van der Waals surface area (Å²) in [6.07, 6.45) is 0. The average Bonchev–Trinajstić information content (AvgIpc) is 2.16. The van der Waals surface area contributed by atoms with E-state index in [-0.39, 0.29) is 0 Å². The molecule has 1 aromatic carbocycles. The van der Waals surface area contributed by atoms with E-state index in [0.717, 1.165) is 0 Å². The largest absolute Gasteiger partial charge is 0.496 e. The molecule has 0 bridgehead atoms. The Kier molecular flexibility index (Phi) is 3.06. The summed E-state index contributed by atoms with van der Waals surface area (Å²) in [5.74, 6) is 1.32. The molecule has 1 atom stereocenters. The molecule has 0 heterocycles. The van der Waals surface area contributed by atoms with E-state index in [1.54, 1.807) is 32.4 Å². The van der Waals surface area contributed by atoms with Crippen molar-refractivity contribution >= 4 is 13.8 Å². The molecule has 0 fully saturated rings. The molecule has 64 valence electrons. The van der Waals surface area contributed by atoms with Gasteiger partial charge in [0.05, 0.1) is 14.2 Å². The van der Waals surface area contributed by atoms with Crippen LogP contribution in [0.15, 0.2) is 18.2 Å². The van der Waals surface area contributed by atoms with Gasteiger partial charge in [-0.3, -0.25) is 0 Å². The first kappa shape index (κ1) is 9.01. The number of hydrogen-bond donors (Lipinski definition) is 0. The zero-order valence-electron chi connectivity index (χ0n) is 6.96. The molecule has 1 aromatic rings. The van der Waals surface area contributed by atoms with E-state index in [0.29, 0.717) is 16.8 Å². The molecule has 1 unspecified atom stereocenters. The van der Waals surface area contributed by atoms with Crippen molar-refractivity contribution in [1.29, 1.82) is 0 Å². The molecule has 0 amide bonds. The molecular formula is C8H10O3P+. The second kappa shape index (κ2) is 4.07. The minimum atomic E-state index is -0.481. The Bertz CT molecular complexity index is 263. The van der Waals surface area contributed by atoms with Crippen LogP contribution in [0.1, 0.15) is 0 Å². The first-order chi connectivity index (χ1) is 5.80. The molecule has 0 aliphatic rings. The smallest absolute Gasteiger partial charge is 0.363 e. The molecule has 0 N–H and O–H groups in total. The van der Waals surface area contributed by atoms with Gasteiger partial charge in [0.2, 0.25) is 0 Å². The first-order valence-electron chi connectivity index (χ1n) is 3.41. The first-order valence-corrected chi connectivity index (χ1v) is 4.32. The summed E-state index contributed by atoms with van der Waals surface area (Å²) >= 11 is 0. The Labute approximate surface area is 72.5 Å². The molecule has 0 spiro atoms. The molecule has 3 nitrogen and oxygen atoms in total. The highest BCUT2D eigenvalue weighted by molar-refractivity contribution is 7.34. The van der Waals surface area contributed by atoms with Gasteiger partial charge in [-0.25, -0.2) is 0 Å². The van der Waals surface area contributed by atoms with Crippen molar-refractivity contribution in [2.45, 2.75) is 0 Å². The summed E-state index contributed by atoms with van der Waals surface area (Å²) in [6.45, 7) is 0. The van der Waals surface area contributed by atoms with Crippen molar-refractivity contribution < 1.29 is 14.0 Å². The molecule has 0 saturated heterocycles. The van der Waals surface area contributed by atoms with Gasteiger partial charge in [0.15, 0.2) is 5.30 Å². The molecule has 0 radical (unpaired) electrons. The van der Waals surface area contributed by atoms with Crippen molar-refractivity contribution in [3.05, 3.63) is 18.2 Å². The van der Waals surface area contributed by atoms with Gasteiger partial charge in [-0.2, -0.15) is 0 Å². The molecule has 0 aliphatic carbocycles. The zero-order chi connectivity index (χ0) is 8.97. The van der Waals surface area contributed by atoms with Crippen molar-refractivity contribution in [3.63, 3.8) is 0 Å². The Morgan fingerprint density at radius 3 is 1.92 bits per heavy atom. The van der Waals surface area contributed by atoms with Crippen molar-refractivity contribution in [2.24, 2.45) is 0 Å². The van der Waals surface area contributed by atoms with E-state index in [2.05, 4.69) is 0 Å². The summed E-state index contributed by atoms with van der Waals surface area (Å²) in [5.41, 5.74) is 0. The van der Waals surface area contributed by atoms with Gasteiger partial charge in [-0.15, -0.1) is 0 Å². The lowest BCUT2D eigenvalue weighted by Crippen LogP contribution is -1.95. The van der Waals surface area contributed by atoms with Gasteiger partial charge >= 0.3 is 8.46 Å². The van der Waals surface area contributed by atoms with Crippen molar-refractivity contribution in [2.75, 3.05) is 14.2 Å². The molecular weight excluding hydrogens is 175 g/mol. The summed E-state index contributed by atoms with van der Waals surface area (Å²) in [5, 5.41) is 0.700. The van der Waals surface area contributed by atoms with E-state index in [1.807, 2.05) is 0 Å². The van der Waals surface area contributed by atoms with Crippen LogP contribution in [0.25, 0.3) is 0 Å². The van der Waals surface area contributed by atoms with Crippen molar-refractivity contribution in [3.8, 4) is 11.5 Å². The Morgan fingerprint density at radius 1 is 1.08 bits per heavy atom. The average molecular weight is 185 g/mol. The maximum Gasteiger partial charge on any atom is 0.363 e. The predicted octanol–water partition coefficient (Wildman–Crippen LogP) is 1.35. The standard InChI is InChI=1S/C8H9O3P/c1-10-6-3-7(11-2)5-8(4-6)12-9/h3-5H,1-2H3/p+1. The van der Waals surface area contributed by atoms with E-state index in [9.17, 15) is 4.57 Å². The summed E-state index contributed by atoms with van der Waals surface area (Å²) in [7, 11) is 2.64. The molecule has 0 aliphatic heterocycles. The number of rotatable bonds is 3. The Hall–Kier alpha value is -1.08. The summed E-state index contributed by atoms with van der Waals surface area (Å²) in [4.78, 5) is 0. The van der Waals surface area contributed by atoms with Gasteiger partial charge < -0.3 is 9.47 Å². The summed E-state index contributed by atoms with van der Waals surface area (Å²) < 4.78 is 20.6. The highest BCUT2D eigenvalue weighted by atomic mass is 31.1. The van der Waals surface area contributed by atoms with Crippen LogP contribution in [0.2, 0.25) is 0 Å². The SMILES string of the molecule is COc1cc(OC)cc([PH+]=O)c1. The second-order valence-corrected chi connectivity index (χ2v) is 2.98. The molecule has 1 rings (SSSR count). The van der Waals surface area contributed by atoms with Crippen LogP contribution < -0.4 is 14.8 Å². The highest BCUT2D eigenvalue weighted by Crippen LogP contribution is 2.19. The van der Waals surface area contributed by atoms with E-state index < -0.39 is 8.46 Å². The van der Waals surface area contributed by atoms with Gasteiger partial charge in [0.25, 0.3) is 0 Å². The minimum Gasteiger partial charge on any atom is -0.496 e. The second-order valence-electron chi connectivity index (χ2n) is 2.20. The van der Waals surface area contributed by atoms with E-state index in [1.165, 1.54) is 0 Å². The predicted molar refractivity (Wildman–Crippen MR) is 48.2 cm³/mol. The lowest BCUT2D eigenvalue weighted by molar-refractivity contribution is 0.395. The Morgan fingerprint density at radius 2 is 1.58 bits per heavy atom. The highest BCUT2D eigenvalue weighted by Gasteiger charge is 2.05. The van der Waals surface area contributed by atoms with Crippen LogP contribution in [0.3, 0.4) is 0 Å². The maximum absolute atomic E-state index is 10.6. The summed E-state index contributed by atoms with van der Waals surface area (Å²) in [6, 6.07) is 5.17. The third-order valence-electron chi connectivity index (χ3n) is 1.47. The molecule has 4 heteroatoms. The van der Waals surface area contributed by atoms with E-state index >= 15 is 0 Å². The zero-order valence-corrected chi connectivity index (χ0v) is 7.96. The third kappa shape index (κ3) is 1.95. The van der Waals surface area contributed by atoms with Crippen LogP contribution >= 0.6 is 8.46 Å². The van der Waals surface area contributed by atoms with Crippen LogP contribution in [0, 0.1) is 0 Å². The third-order valence-corrected chi connectivity index (χ3v) is 1.99. The topological polar surface area (TPSA) is 35.5 Å². The fourth-order valence-corrected chi connectivity index (χ4v) is 1.27.